The standard InChI is InChI=1S/C27H24ClF3N4O3/c1-35(22-14-24(27(29,30)31)34-21-9-4-16(28)13-20(21)22)18-7-5-17(6-8-18)33-26(36)23-10-11-25(38-23)37-19-3-2-12-32-15-19/h2-4,9-15,17-18H,5-8H2,1H3,(H,33,36)/t17-,18+. The zero-order valence-electron chi connectivity index (χ0n) is 20.3. The Morgan fingerprint density at radius 3 is 2.63 bits per heavy atom. The fourth-order valence-electron chi connectivity index (χ4n) is 4.70. The molecule has 3 heterocycles. The number of nitrogens with one attached hydrogen (secondary N) is 1. The number of rotatable bonds is 6. The van der Waals surface area contributed by atoms with Gasteiger partial charge in [-0.1, -0.05) is 11.6 Å². The van der Waals surface area contributed by atoms with Crippen molar-refractivity contribution >= 4 is 34.1 Å². The van der Waals surface area contributed by atoms with Crippen LogP contribution in [-0.2, 0) is 6.18 Å². The van der Waals surface area contributed by atoms with Gasteiger partial charge in [0.2, 0.25) is 0 Å². The van der Waals surface area contributed by atoms with Gasteiger partial charge in [0.05, 0.1) is 11.7 Å². The summed E-state index contributed by atoms with van der Waals surface area (Å²) in [5.74, 6) is 0.439. The van der Waals surface area contributed by atoms with Crippen LogP contribution in [0.4, 0.5) is 18.9 Å². The fraction of sp³-hybridized carbons (Fsp3) is 0.296. The van der Waals surface area contributed by atoms with Crippen molar-refractivity contribution in [3.63, 3.8) is 0 Å². The zero-order chi connectivity index (χ0) is 26.9. The molecule has 1 saturated carbocycles. The van der Waals surface area contributed by atoms with Crippen LogP contribution in [0, 0.1) is 0 Å². The number of alkyl halides is 3. The van der Waals surface area contributed by atoms with Crippen LogP contribution < -0.4 is 15.0 Å². The smallest absolute Gasteiger partial charge is 0.424 e. The second kappa shape index (κ2) is 10.5. The number of carbonyl (C=O) groups excluding carboxylic acids is 1. The minimum Gasteiger partial charge on any atom is -0.424 e. The van der Waals surface area contributed by atoms with Gasteiger partial charge in [0.1, 0.15) is 11.4 Å². The molecule has 0 saturated heterocycles. The molecule has 7 nitrogen and oxygen atoms in total. The van der Waals surface area contributed by atoms with Crippen molar-refractivity contribution in [3.8, 4) is 11.7 Å². The predicted octanol–water partition coefficient (Wildman–Crippen LogP) is 6.86. The minimum atomic E-state index is -4.57. The topological polar surface area (TPSA) is 80.5 Å². The number of hydrogen-bond donors (Lipinski definition) is 1. The Labute approximate surface area is 221 Å². The number of amides is 1. The molecule has 1 fully saturated rings. The molecule has 1 amide bonds. The monoisotopic (exact) mass is 544 g/mol. The normalized spacial score (nSPS) is 17.8. The van der Waals surface area contributed by atoms with Crippen molar-refractivity contribution in [2.45, 2.75) is 43.9 Å². The second-order valence-corrected chi connectivity index (χ2v) is 9.62. The summed E-state index contributed by atoms with van der Waals surface area (Å²) in [6.07, 6.45) is 1.27. The molecule has 1 aromatic carbocycles. The summed E-state index contributed by atoms with van der Waals surface area (Å²) in [5, 5.41) is 3.97. The van der Waals surface area contributed by atoms with Crippen molar-refractivity contribution in [1.29, 1.82) is 0 Å². The molecule has 0 radical (unpaired) electrons. The third-order valence-corrected chi connectivity index (χ3v) is 6.89. The molecule has 1 aliphatic rings. The van der Waals surface area contributed by atoms with E-state index in [1.165, 1.54) is 18.3 Å². The van der Waals surface area contributed by atoms with Gasteiger partial charge >= 0.3 is 6.18 Å². The maximum atomic E-state index is 13.5. The van der Waals surface area contributed by atoms with E-state index in [1.54, 1.807) is 43.6 Å². The lowest BCUT2D eigenvalue weighted by Gasteiger charge is -2.36. The summed E-state index contributed by atoms with van der Waals surface area (Å²) < 4.78 is 51.7. The maximum Gasteiger partial charge on any atom is 0.433 e. The number of benzene rings is 1. The van der Waals surface area contributed by atoms with Crippen molar-refractivity contribution < 1.29 is 27.1 Å². The largest absolute Gasteiger partial charge is 0.433 e. The number of furan rings is 1. The molecule has 0 unspecified atom stereocenters. The third kappa shape index (κ3) is 5.70. The molecule has 4 aromatic rings. The molecule has 198 valence electrons. The highest BCUT2D eigenvalue weighted by molar-refractivity contribution is 6.31. The number of anilines is 1. The number of aromatic nitrogens is 2. The summed E-state index contributed by atoms with van der Waals surface area (Å²) in [6, 6.07) is 12.2. The predicted molar refractivity (Wildman–Crippen MR) is 137 cm³/mol. The van der Waals surface area contributed by atoms with E-state index in [0.29, 0.717) is 47.5 Å². The van der Waals surface area contributed by atoms with Gasteiger partial charge < -0.3 is 19.4 Å². The van der Waals surface area contributed by atoms with Crippen molar-refractivity contribution in [1.82, 2.24) is 15.3 Å². The van der Waals surface area contributed by atoms with E-state index >= 15 is 0 Å². The summed E-state index contributed by atoms with van der Waals surface area (Å²) in [7, 11) is 1.78. The van der Waals surface area contributed by atoms with Gasteiger partial charge in [0.15, 0.2) is 5.76 Å². The number of pyridine rings is 2. The van der Waals surface area contributed by atoms with E-state index in [9.17, 15) is 18.0 Å². The lowest BCUT2D eigenvalue weighted by molar-refractivity contribution is -0.140. The third-order valence-electron chi connectivity index (χ3n) is 6.66. The summed E-state index contributed by atoms with van der Waals surface area (Å²) in [5.41, 5.74) is -0.285. The highest BCUT2D eigenvalue weighted by atomic mass is 35.5. The van der Waals surface area contributed by atoms with Gasteiger partial charge in [-0.15, -0.1) is 0 Å². The van der Waals surface area contributed by atoms with Crippen molar-refractivity contribution in [3.05, 3.63) is 77.4 Å². The first-order valence-corrected chi connectivity index (χ1v) is 12.4. The SMILES string of the molecule is CN(c1cc(C(F)(F)F)nc2ccc(Cl)cc12)[C@H]1CC[C@@H](NC(=O)c2ccc(Oc3cccnc3)o2)CC1. The molecule has 11 heteroatoms. The molecule has 0 aliphatic heterocycles. The van der Waals surface area contributed by atoms with Crippen LogP contribution in [-0.4, -0.2) is 35.0 Å². The lowest BCUT2D eigenvalue weighted by Crippen LogP contribution is -2.43. The van der Waals surface area contributed by atoms with Gasteiger partial charge in [0.25, 0.3) is 11.9 Å². The minimum absolute atomic E-state index is 0.0167. The first-order chi connectivity index (χ1) is 18.2. The quantitative estimate of drug-likeness (QED) is 0.285. The molecule has 0 spiro atoms. The fourth-order valence-corrected chi connectivity index (χ4v) is 4.87. The van der Waals surface area contributed by atoms with Crippen LogP contribution in [0.2, 0.25) is 5.02 Å². The number of carbonyl (C=O) groups is 1. The van der Waals surface area contributed by atoms with E-state index < -0.39 is 11.9 Å². The number of ether oxygens (including phenoxy) is 1. The number of fused-ring (bicyclic) bond motifs is 1. The van der Waals surface area contributed by atoms with Crippen LogP contribution in [0.1, 0.15) is 41.9 Å². The van der Waals surface area contributed by atoms with Crippen LogP contribution in [0.3, 0.4) is 0 Å². The lowest BCUT2D eigenvalue weighted by atomic mass is 9.89. The molecular weight excluding hydrogens is 521 g/mol. The Morgan fingerprint density at radius 1 is 1.13 bits per heavy atom. The van der Waals surface area contributed by atoms with Crippen LogP contribution in [0.15, 0.2) is 65.3 Å². The Balaban J connectivity index is 1.23. The highest BCUT2D eigenvalue weighted by Gasteiger charge is 2.35. The zero-order valence-corrected chi connectivity index (χ0v) is 21.1. The Kier molecular flexibility index (Phi) is 7.16. The number of hydrogen-bond acceptors (Lipinski definition) is 6. The van der Waals surface area contributed by atoms with Crippen molar-refractivity contribution in [2.75, 3.05) is 11.9 Å². The van der Waals surface area contributed by atoms with Gasteiger partial charge in [-0.05, 0) is 68.1 Å². The molecule has 38 heavy (non-hydrogen) atoms. The number of nitrogens with zero attached hydrogens (tertiary/aromatic N) is 3. The van der Waals surface area contributed by atoms with Gasteiger partial charge in [0, 0.05) is 47.5 Å². The van der Waals surface area contributed by atoms with E-state index in [2.05, 4.69) is 15.3 Å². The Bertz CT molecular complexity index is 1440. The molecule has 3 aromatic heterocycles. The van der Waals surface area contributed by atoms with E-state index in [1.807, 2.05) is 4.90 Å². The van der Waals surface area contributed by atoms with Gasteiger partial charge in [-0.2, -0.15) is 13.2 Å². The first kappa shape index (κ1) is 25.8. The van der Waals surface area contributed by atoms with E-state index in [-0.39, 0.29) is 35.2 Å². The first-order valence-electron chi connectivity index (χ1n) is 12.1. The molecule has 1 N–H and O–H groups in total. The van der Waals surface area contributed by atoms with Crippen LogP contribution in [0.25, 0.3) is 10.9 Å². The summed E-state index contributed by atoms with van der Waals surface area (Å²) >= 11 is 6.14. The number of halogens is 4. The highest BCUT2D eigenvalue weighted by Crippen LogP contribution is 2.37. The summed E-state index contributed by atoms with van der Waals surface area (Å²) in [4.78, 5) is 22.3. The Hall–Kier alpha value is -3.79. The average molecular weight is 545 g/mol. The molecular formula is C27H24ClF3N4O3. The van der Waals surface area contributed by atoms with E-state index in [4.69, 9.17) is 20.8 Å². The molecule has 0 bridgehead atoms. The molecule has 5 rings (SSSR count). The van der Waals surface area contributed by atoms with Crippen LogP contribution in [0.5, 0.6) is 11.7 Å². The summed E-state index contributed by atoms with van der Waals surface area (Å²) in [6.45, 7) is 0. The maximum absolute atomic E-state index is 13.5. The van der Waals surface area contributed by atoms with Gasteiger partial charge in [-0.25, -0.2) is 4.98 Å². The van der Waals surface area contributed by atoms with E-state index in [0.717, 1.165) is 6.07 Å². The van der Waals surface area contributed by atoms with Crippen molar-refractivity contribution in [2.24, 2.45) is 0 Å². The average Bonchev–Trinajstić information content (AvgIpc) is 3.37. The second-order valence-electron chi connectivity index (χ2n) is 9.19. The van der Waals surface area contributed by atoms with Crippen LogP contribution >= 0.6 is 11.6 Å². The molecule has 1 aliphatic carbocycles. The van der Waals surface area contributed by atoms with Gasteiger partial charge in [-0.3, -0.25) is 9.78 Å². The Morgan fingerprint density at radius 2 is 1.92 bits per heavy atom. The molecule has 0 atom stereocenters.